The molecule has 2 fully saturated rings. The summed E-state index contributed by atoms with van der Waals surface area (Å²) in [6.07, 6.45) is 1.46. The van der Waals surface area contributed by atoms with E-state index in [1.807, 2.05) is 31.2 Å². The van der Waals surface area contributed by atoms with Gasteiger partial charge in [-0.2, -0.15) is 0 Å². The average molecular weight is 389 g/mol. The minimum absolute atomic E-state index is 0.0160. The predicted octanol–water partition coefficient (Wildman–Crippen LogP) is 3.31. The van der Waals surface area contributed by atoms with Gasteiger partial charge in [0, 0.05) is 22.8 Å². The van der Waals surface area contributed by atoms with Crippen molar-refractivity contribution in [1.82, 2.24) is 16.0 Å². The van der Waals surface area contributed by atoms with Crippen LogP contribution in [0.2, 0.25) is 0 Å². The lowest BCUT2D eigenvalue weighted by atomic mass is 9.80. The smallest absolute Gasteiger partial charge is 0.414 e. The molecule has 0 radical (unpaired) electrons. The highest BCUT2D eigenvalue weighted by atomic mass is 16.6. The van der Waals surface area contributed by atoms with E-state index in [0.29, 0.717) is 13.2 Å². The van der Waals surface area contributed by atoms with Gasteiger partial charge in [0.2, 0.25) is 0 Å². The summed E-state index contributed by atoms with van der Waals surface area (Å²) in [4.78, 5) is 25.8. The Morgan fingerprint density at radius 1 is 1.18 bits per heavy atom. The molecule has 1 aromatic rings. The molecule has 2 saturated heterocycles. The number of urea groups is 1. The summed E-state index contributed by atoms with van der Waals surface area (Å²) in [5.41, 5.74) is 1.76. The molecule has 7 heteroatoms. The van der Waals surface area contributed by atoms with Gasteiger partial charge in [-0.25, -0.2) is 9.59 Å². The van der Waals surface area contributed by atoms with Crippen molar-refractivity contribution in [2.75, 3.05) is 18.1 Å². The van der Waals surface area contributed by atoms with Crippen molar-refractivity contribution < 1.29 is 14.3 Å². The van der Waals surface area contributed by atoms with E-state index in [0.717, 1.165) is 24.1 Å². The maximum absolute atomic E-state index is 12.5. The Labute approximate surface area is 167 Å². The second kappa shape index (κ2) is 7.62. The lowest BCUT2D eigenvalue weighted by Crippen LogP contribution is -2.62. The summed E-state index contributed by atoms with van der Waals surface area (Å²) in [5, 5.41) is 9.78. The summed E-state index contributed by atoms with van der Waals surface area (Å²) in [5.74, 6) is 0. The number of nitrogens with one attached hydrogen (secondary N) is 3. The molecule has 3 amide bonds. The van der Waals surface area contributed by atoms with Crippen LogP contribution in [0.5, 0.6) is 0 Å². The highest BCUT2D eigenvalue weighted by Gasteiger charge is 2.38. The first-order chi connectivity index (χ1) is 13.0. The number of hydrogen-bond acceptors (Lipinski definition) is 4. The van der Waals surface area contributed by atoms with Gasteiger partial charge in [0.25, 0.3) is 0 Å². The Balaban J connectivity index is 1.56. The number of hydrogen-bond donors (Lipinski definition) is 3. The third-order valence-corrected chi connectivity index (χ3v) is 5.34. The summed E-state index contributed by atoms with van der Waals surface area (Å²) in [7, 11) is 0. The first-order valence-corrected chi connectivity index (χ1v) is 9.95. The molecular formula is C21H32N4O3. The van der Waals surface area contributed by atoms with Crippen LogP contribution in [0.15, 0.2) is 24.3 Å². The third-order valence-electron chi connectivity index (χ3n) is 5.34. The molecule has 2 aliphatic heterocycles. The molecule has 0 aliphatic carbocycles. The monoisotopic (exact) mass is 388 g/mol. The Hall–Kier alpha value is -2.28. The summed E-state index contributed by atoms with van der Waals surface area (Å²) in [6, 6.07) is 7.47. The molecule has 3 N–H and O–H groups in total. The van der Waals surface area contributed by atoms with Gasteiger partial charge in [-0.3, -0.25) is 4.90 Å². The molecule has 1 unspecified atom stereocenters. The van der Waals surface area contributed by atoms with Crippen LogP contribution in [-0.4, -0.2) is 42.4 Å². The van der Waals surface area contributed by atoms with Crippen LogP contribution in [0.3, 0.4) is 0 Å². The van der Waals surface area contributed by atoms with Crippen LogP contribution < -0.4 is 20.9 Å². The van der Waals surface area contributed by atoms with Gasteiger partial charge in [0.05, 0.1) is 12.6 Å². The summed E-state index contributed by atoms with van der Waals surface area (Å²) in [6.45, 7) is 11.6. The van der Waals surface area contributed by atoms with Gasteiger partial charge in [-0.15, -0.1) is 0 Å². The van der Waals surface area contributed by atoms with Crippen LogP contribution in [-0.2, 0) is 4.74 Å². The minimum atomic E-state index is -0.314. The number of carbonyl (C=O) groups is 2. The predicted molar refractivity (Wildman–Crippen MR) is 110 cm³/mol. The molecule has 7 nitrogen and oxygen atoms in total. The van der Waals surface area contributed by atoms with E-state index in [1.54, 1.807) is 4.90 Å². The Morgan fingerprint density at radius 2 is 1.79 bits per heavy atom. The van der Waals surface area contributed by atoms with Crippen LogP contribution in [0.25, 0.3) is 0 Å². The number of nitrogens with zero attached hydrogens (tertiary/aromatic N) is 1. The summed E-state index contributed by atoms with van der Waals surface area (Å²) < 4.78 is 4.97. The molecule has 1 atom stereocenters. The Kier molecular flexibility index (Phi) is 5.57. The van der Waals surface area contributed by atoms with E-state index >= 15 is 0 Å². The van der Waals surface area contributed by atoms with Gasteiger partial charge in [0.1, 0.15) is 6.61 Å². The van der Waals surface area contributed by atoms with Crippen LogP contribution in [0.4, 0.5) is 15.3 Å². The fourth-order valence-corrected chi connectivity index (χ4v) is 4.50. The molecule has 1 aromatic carbocycles. The minimum Gasteiger partial charge on any atom is -0.447 e. The molecule has 0 aromatic heterocycles. The number of anilines is 1. The standard InChI is InChI=1S/C21H32N4O3/c1-14(15-6-8-17(9-7-15)25-10-11-28-19(25)27)22-18(26)23-16-12-20(2,3)24-21(4,5)13-16/h6-9,14,16,24H,10-13H2,1-5H3,(H2,22,23,26). The van der Waals surface area contributed by atoms with Gasteiger partial charge in [0.15, 0.2) is 0 Å². The molecule has 28 heavy (non-hydrogen) atoms. The Bertz CT molecular complexity index is 714. The van der Waals surface area contributed by atoms with Crippen molar-refractivity contribution in [3.63, 3.8) is 0 Å². The van der Waals surface area contributed by atoms with Gasteiger partial charge in [-0.1, -0.05) is 12.1 Å². The molecule has 2 aliphatic rings. The largest absolute Gasteiger partial charge is 0.447 e. The lowest BCUT2D eigenvalue weighted by molar-refractivity contribution is 0.147. The second-order valence-electron chi connectivity index (χ2n) is 9.19. The van der Waals surface area contributed by atoms with E-state index in [1.165, 1.54) is 0 Å². The molecule has 0 spiro atoms. The molecule has 2 heterocycles. The molecular weight excluding hydrogens is 356 g/mol. The third kappa shape index (κ3) is 4.95. The van der Waals surface area contributed by atoms with Gasteiger partial charge in [-0.05, 0) is 65.2 Å². The van der Waals surface area contributed by atoms with E-state index in [4.69, 9.17) is 4.74 Å². The topological polar surface area (TPSA) is 82.7 Å². The highest BCUT2D eigenvalue weighted by molar-refractivity contribution is 5.89. The zero-order valence-corrected chi connectivity index (χ0v) is 17.5. The van der Waals surface area contributed by atoms with Crippen molar-refractivity contribution in [2.45, 2.75) is 70.6 Å². The zero-order chi connectivity index (χ0) is 20.5. The van der Waals surface area contributed by atoms with E-state index in [2.05, 4.69) is 43.6 Å². The number of cyclic esters (lactones) is 1. The zero-order valence-electron chi connectivity index (χ0n) is 17.5. The van der Waals surface area contributed by atoms with Crippen molar-refractivity contribution in [1.29, 1.82) is 0 Å². The van der Waals surface area contributed by atoms with Crippen molar-refractivity contribution >= 4 is 17.8 Å². The van der Waals surface area contributed by atoms with Crippen molar-refractivity contribution in [2.24, 2.45) is 0 Å². The van der Waals surface area contributed by atoms with Gasteiger partial charge >= 0.3 is 12.1 Å². The SMILES string of the molecule is CC(NC(=O)NC1CC(C)(C)NC(C)(C)C1)c1ccc(N2CCOC2=O)cc1. The molecule has 0 bridgehead atoms. The number of piperidine rings is 1. The number of rotatable bonds is 4. The maximum atomic E-state index is 12.5. The quantitative estimate of drug-likeness (QED) is 0.739. The maximum Gasteiger partial charge on any atom is 0.414 e. The first-order valence-electron chi connectivity index (χ1n) is 9.95. The normalized spacial score (nSPS) is 22.5. The van der Waals surface area contributed by atoms with Crippen LogP contribution in [0, 0.1) is 0 Å². The number of ether oxygens (including phenoxy) is 1. The number of amides is 3. The molecule has 154 valence electrons. The van der Waals surface area contributed by atoms with Crippen molar-refractivity contribution in [3.05, 3.63) is 29.8 Å². The fourth-order valence-electron chi connectivity index (χ4n) is 4.50. The average Bonchev–Trinajstić information content (AvgIpc) is 2.97. The molecule has 3 rings (SSSR count). The van der Waals surface area contributed by atoms with Crippen molar-refractivity contribution in [3.8, 4) is 0 Å². The molecule has 0 saturated carbocycles. The van der Waals surface area contributed by atoms with E-state index in [9.17, 15) is 9.59 Å². The lowest BCUT2D eigenvalue weighted by Gasteiger charge is -2.46. The first kappa shape index (κ1) is 20.5. The highest BCUT2D eigenvalue weighted by Crippen LogP contribution is 2.28. The van der Waals surface area contributed by atoms with Crippen LogP contribution in [0.1, 0.15) is 59.1 Å². The van der Waals surface area contributed by atoms with E-state index in [-0.39, 0.29) is 35.3 Å². The summed E-state index contributed by atoms with van der Waals surface area (Å²) >= 11 is 0. The second-order valence-corrected chi connectivity index (χ2v) is 9.19. The van der Waals surface area contributed by atoms with Gasteiger partial charge < -0.3 is 20.7 Å². The van der Waals surface area contributed by atoms with E-state index < -0.39 is 0 Å². The fraction of sp³-hybridized carbons (Fsp3) is 0.619. The Morgan fingerprint density at radius 3 is 2.32 bits per heavy atom. The number of benzene rings is 1. The number of carbonyl (C=O) groups excluding carboxylic acids is 2. The van der Waals surface area contributed by atoms with Crippen LogP contribution >= 0.6 is 0 Å².